The summed E-state index contributed by atoms with van der Waals surface area (Å²) in [6, 6.07) is -2.47. The normalized spacial score (nSPS) is 12.7. The molecule has 0 radical (unpaired) electrons. The van der Waals surface area contributed by atoms with Crippen molar-refractivity contribution in [3.05, 3.63) is 12.7 Å². The molecule has 0 saturated heterocycles. The molecule has 0 aliphatic heterocycles. The number of hydrogen-bond donors (Lipinski definition) is 3. The Morgan fingerprint density at radius 3 is 2.38 bits per heavy atom. The molecule has 3 N–H and O–H groups in total. The first-order valence-corrected chi connectivity index (χ1v) is 4.21. The minimum Gasteiger partial charge on any atom is -0.480 e. The molecular weight excluding hydrogens is 229 g/mol. The van der Waals surface area contributed by atoms with E-state index in [0.717, 1.165) is 0 Å². The summed E-state index contributed by atoms with van der Waals surface area (Å²) in [6.45, 7) is 1.75. The van der Waals surface area contributed by atoms with E-state index in [1.165, 1.54) is 11.4 Å². The van der Waals surface area contributed by atoms with E-state index in [9.17, 15) is 22.8 Å². The fourth-order valence-corrected chi connectivity index (χ4v) is 0.778. The molecule has 16 heavy (non-hydrogen) atoms. The van der Waals surface area contributed by atoms with Crippen molar-refractivity contribution in [2.75, 3.05) is 6.54 Å². The van der Waals surface area contributed by atoms with Gasteiger partial charge in [-0.3, -0.25) is 0 Å². The van der Waals surface area contributed by atoms with Gasteiger partial charge >= 0.3 is 18.2 Å². The number of halogens is 3. The molecule has 0 aliphatic carbocycles. The number of amides is 2. The molecule has 0 spiro atoms. The lowest BCUT2D eigenvalue weighted by molar-refractivity contribution is -0.139. The van der Waals surface area contributed by atoms with Crippen LogP contribution in [0.25, 0.3) is 0 Å². The molecule has 0 aromatic carbocycles. The van der Waals surface area contributed by atoms with Gasteiger partial charge in [0.05, 0.1) is 0 Å². The maximum Gasteiger partial charge on any atom is 0.405 e. The van der Waals surface area contributed by atoms with Crippen LogP contribution in [0.5, 0.6) is 0 Å². The third kappa shape index (κ3) is 6.68. The summed E-state index contributed by atoms with van der Waals surface area (Å²) in [4.78, 5) is 21.4. The van der Waals surface area contributed by atoms with Crippen molar-refractivity contribution >= 4 is 12.0 Å². The largest absolute Gasteiger partial charge is 0.480 e. The lowest BCUT2D eigenvalue weighted by Gasteiger charge is -2.14. The van der Waals surface area contributed by atoms with Gasteiger partial charge in [0.1, 0.15) is 12.6 Å². The number of rotatable bonds is 5. The van der Waals surface area contributed by atoms with Gasteiger partial charge in [0.2, 0.25) is 0 Å². The van der Waals surface area contributed by atoms with E-state index < -0.39 is 30.8 Å². The summed E-state index contributed by atoms with van der Waals surface area (Å²) in [5, 5.41) is 11.9. The molecule has 0 aromatic rings. The molecule has 8 heteroatoms. The molecule has 2 amide bonds. The van der Waals surface area contributed by atoms with Crippen LogP contribution in [0.3, 0.4) is 0 Å². The Kier molecular flexibility index (Phi) is 5.34. The van der Waals surface area contributed by atoms with Crippen LogP contribution >= 0.6 is 0 Å². The van der Waals surface area contributed by atoms with Gasteiger partial charge in [-0.05, 0) is 6.42 Å². The average Bonchev–Trinajstić information content (AvgIpc) is 2.13. The zero-order valence-electron chi connectivity index (χ0n) is 8.17. The minimum atomic E-state index is -4.53. The number of carbonyl (C=O) groups is 2. The van der Waals surface area contributed by atoms with Crippen molar-refractivity contribution in [2.24, 2.45) is 0 Å². The summed E-state index contributed by atoms with van der Waals surface area (Å²) in [5.41, 5.74) is 0. The van der Waals surface area contributed by atoms with E-state index in [1.54, 1.807) is 0 Å². The molecule has 0 fully saturated rings. The van der Waals surface area contributed by atoms with Gasteiger partial charge in [-0.25, -0.2) is 9.59 Å². The molecular formula is C8H11F3N2O3. The molecule has 0 heterocycles. The number of carbonyl (C=O) groups excluding carboxylic acids is 1. The van der Waals surface area contributed by atoms with Crippen molar-refractivity contribution in [3.8, 4) is 0 Å². The smallest absolute Gasteiger partial charge is 0.405 e. The van der Waals surface area contributed by atoms with Crippen molar-refractivity contribution in [1.29, 1.82) is 0 Å². The van der Waals surface area contributed by atoms with Gasteiger partial charge in [-0.2, -0.15) is 13.2 Å². The Bertz CT molecular complexity index is 278. The first-order valence-electron chi connectivity index (χ1n) is 4.21. The van der Waals surface area contributed by atoms with Crippen LogP contribution in [-0.4, -0.2) is 35.9 Å². The molecule has 0 rings (SSSR count). The fourth-order valence-electron chi connectivity index (χ4n) is 0.778. The maximum absolute atomic E-state index is 11.7. The zero-order valence-corrected chi connectivity index (χ0v) is 8.17. The predicted molar refractivity (Wildman–Crippen MR) is 48.8 cm³/mol. The Hall–Kier alpha value is -1.73. The van der Waals surface area contributed by atoms with E-state index in [2.05, 4.69) is 6.58 Å². The summed E-state index contributed by atoms with van der Waals surface area (Å²) >= 11 is 0. The lowest BCUT2D eigenvalue weighted by atomic mass is 10.2. The highest BCUT2D eigenvalue weighted by molar-refractivity contribution is 5.82. The van der Waals surface area contributed by atoms with Gasteiger partial charge in [-0.15, -0.1) is 6.58 Å². The summed E-state index contributed by atoms with van der Waals surface area (Å²) < 4.78 is 35.1. The number of alkyl halides is 3. The summed E-state index contributed by atoms with van der Waals surface area (Å²) in [7, 11) is 0. The van der Waals surface area contributed by atoms with Gasteiger partial charge in [-0.1, -0.05) is 6.08 Å². The second-order valence-electron chi connectivity index (χ2n) is 2.86. The second kappa shape index (κ2) is 5.99. The van der Waals surface area contributed by atoms with Crippen LogP contribution in [-0.2, 0) is 4.79 Å². The standard InChI is InChI=1S/C8H11F3N2O3/c1-2-3-5(6(14)15)13-7(16)12-4-8(9,10)11/h2,5H,1,3-4H2,(H,14,15)(H2,12,13,16). The number of aliphatic carboxylic acids is 1. The third-order valence-corrected chi connectivity index (χ3v) is 1.46. The number of carboxylic acid groups (broad SMARTS) is 1. The van der Waals surface area contributed by atoms with E-state index in [4.69, 9.17) is 5.11 Å². The van der Waals surface area contributed by atoms with Crippen molar-refractivity contribution in [2.45, 2.75) is 18.6 Å². The van der Waals surface area contributed by atoms with Crippen LogP contribution < -0.4 is 10.6 Å². The highest BCUT2D eigenvalue weighted by atomic mass is 19.4. The minimum absolute atomic E-state index is 0.0746. The molecule has 0 aromatic heterocycles. The maximum atomic E-state index is 11.7. The Morgan fingerprint density at radius 2 is 2.00 bits per heavy atom. The second-order valence-corrected chi connectivity index (χ2v) is 2.86. The highest BCUT2D eigenvalue weighted by Gasteiger charge is 2.28. The van der Waals surface area contributed by atoms with E-state index >= 15 is 0 Å². The van der Waals surface area contributed by atoms with Gasteiger partial charge in [0.15, 0.2) is 0 Å². The number of carboxylic acids is 1. The first-order chi connectivity index (χ1) is 7.26. The molecule has 5 nitrogen and oxygen atoms in total. The van der Waals surface area contributed by atoms with E-state index in [1.807, 2.05) is 5.32 Å². The molecule has 0 aliphatic rings. The van der Waals surface area contributed by atoms with Crippen molar-refractivity contribution in [1.82, 2.24) is 10.6 Å². The van der Waals surface area contributed by atoms with Gasteiger partial charge in [0.25, 0.3) is 0 Å². The molecule has 92 valence electrons. The van der Waals surface area contributed by atoms with Crippen LogP contribution in [0.15, 0.2) is 12.7 Å². The van der Waals surface area contributed by atoms with Crippen molar-refractivity contribution < 1.29 is 27.9 Å². The molecule has 0 saturated carbocycles. The Morgan fingerprint density at radius 1 is 1.44 bits per heavy atom. The number of urea groups is 1. The van der Waals surface area contributed by atoms with Crippen LogP contribution in [0, 0.1) is 0 Å². The third-order valence-electron chi connectivity index (χ3n) is 1.46. The predicted octanol–water partition coefficient (Wildman–Crippen LogP) is 0.877. The topological polar surface area (TPSA) is 78.4 Å². The molecule has 1 unspecified atom stereocenters. The van der Waals surface area contributed by atoms with E-state index in [0.29, 0.717) is 0 Å². The quantitative estimate of drug-likeness (QED) is 0.624. The van der Waals surface area contributed by atoms with Gasteiger partial charge < -0.3 is 15.7 Å². The van der Waals surface area contributed by atoms with Gasteiger partial charge in [0, 0.05) is 0 Å². The number of nitrogens with one attached hydrogen (secondary N) is 2. The highest BCUT2D eigenvalue weighted by Crippen LogP contribution is 2.11. The summed E-state index contributed by atoms with van der Waals surface area (Å²) in [6.07, 6.45) is -3.37. The SMILES string of the molecule is C=CCC(NC(=O)NCC(F)(F)F)C(=O)O. The van der Waals surface area contributed by atoms with Crippen LogP contribution in [0.4, 0.5) is 18.0 Å². The zero-order chi connectivity index (χ0) is 12.8. The summed E-state index contributed by atoms with van der Waals surface area (Å²) in [5.74, 6) is -1.35. The molecule has 0 bridgehead atoms. The van der Waals surface area contributed by atoms with E-state index in [-0.39, 0.29) is 6.42 Å². The monoisotopic (exact) mass is 240 g/mol. The van der Waals surface area contributed by atoms with Crippen molar-refractivity contribution in [3.63, 3.8) is 0 Å². The fraction of sp³-hybridized carbons (Fsp3) is 0.500. The first kappa shape index (κ1) is 14.3. The molecule has 1 atom stereocenters. The number of hydrogen-bond acceptors (Lipinski definition) is 2. The Balaban J connectivity index is 4.10. The Labute approximate surface area is 89.3 Å². The van der Waals surface area contributed by atoms with Crippen LogP contribution in [0.2, 0.25) is 0 Å². The lowest BCUT2D eigenvalue weighted by Crippen LogP contribution is -2.47. The average molecular weight is 240 g/mol. The van der Waals surface area contributed by atoms with Crippen LogP contribution in [0.1, 0.15) is 6.42 Å².